The first-order chi connectivity index (χ1) is 8.02. The highest BCUT2D eigenvalue weighted by Gasteiger charge is 2.01. The zero-order valence-electron chi connectivity index (χ0n) is 11.4. The Bertz CT molecular complexity index is 457. The van der Waals surface area contributed by atoms with Crippen LogP contribution >= 0.6 is 8.58 Å². The lowest BCUT2D eigenvalue weighted by Crippen LogP contribution is -2.05. The van der Waals surface area contributed by atoms with Gasteiger partial charge in [-0.1, -0.05) is 58.7 Å². The van der Waals surface area contributed by atoms with Gasteiger partial charge in [0.05, 0.1) is 0 Å². The maximum absolute atomic E-state index is 2.27. The summed E-state index contributed by atoms with van der Waals surface area (Å²) in [6.07, 6.45) is 0. The second-order valence-corrected chi connectivity index (χ2v) is 6.06. The topological polar surface area (TPSA) is 31.5 Å². The Morgan fingerprint density at radius 3 is 1.11 bits per heavy atom. The Kier molecular flexibility index (Phi) is 5.07. The van der Waals surface area contributed by atoms with E-state index in [-0.39, 0.29) is 5.48 Å². The zero-order valence-corrected chi connectivity index (χ0v) is 12.3. The van der Waals surface area contributed by atoms with E-state index >= 15 is 0 Å². The predicted molar refractivity (Wildman–Crippen MR) is 81.6 cm³/mol. The van der Waals surface area contributed by atoms with E-state index in [0.717, 1.165) is 0 Å². The molecule has 0 saturated heterocycles. The van der Waals surface area contributed by atoms with Gasteiger partial charge in [0.25, 0.3) is 0 Å². The van der Waals surface area contributed by atoms with E-state index in [4.69, 9.17) is 0 Å². The van der Waals surface area contributed by atoms with Crippen LogP contribution in [0, 0.1) is 27.7 Å². The number of hydrogen-bond acceptors (Lipinski definition) is 0. The molecule has 1 radical (unpaired) electrons. The third kappa shape index (κ3) is 3.94. The fourth-order valence-electron chi connectivity index (χ4n) is 2.18. The lowest BCUT2D eigenvalue weighted by molar-refractivity contribution is 0.824. The summed E-state index contributed by atoms with van der Waals surface area (Å²) < 4.78 is 0. The van der Waals surface area contributed by atoms with Crippen LogP contribution in [0.15, 0.2) is 36.4 Å². The maximum atomic E-state index is 2.27. The molecule has 0 unspecified atom stereocenters. The number of aryl methyl sites for hydroxylation is 4. The molecule has 0 aliphatic rings. The smallest absolute Gasteiger partial charge is 0.00999 e. The quantitative estimate of drug-likeness (QED) is 0.743. The van der Waals surface area contributed by atoms with E-state index in [9.17, 15) is 0 Å². The molecule has 0 bridgehead atoms. The Hall–Kier alpha value is -1.17. The molecule has 0 fully saturated rings. The lowest BCUT2D eigenvalue weighted by atomic mass is 10.2. The van der Waals surface area contributed by atoms with Crippen LogP contribution in [-0.2, 0) is 0 Å². The maximum Gasteiger partial charge on any atom is -0.00999 e. The highest BCUT2D eigenvalue weighted by atomic mass is 31.1. The molecule has 1 nitrogen and oxygen atoms in total. The molecular formula is C16H20OP. The van der Waals surface area contributed by atoms with Crippen LogP contribution in [0.1, 0.15) is 22.3 Å². The summed E-state index contributed by atoms with van der Waals surface area (Å²) in [5, 5.41) is 2.76. The van der Waals surface area contributed by atoms with Crippen molar-refractivity contribution in [2.75, 3.05) is 0 Å². The summed E-state index contributed by atoms with van der Waals surface area (Å²) >= 11 is 0. The number of hydrogen-bond donors (Lipinski definition) is 0. The molecule has 2 N–H and O–H groups in total. The van der Waals surface area contributed by atoms with Crippen molar-refractivity contribution in [3.8, 4) is 0 Å². The normalized spacial score (nSPS) is 10.0. The van der Waals surface area contributed by atoms with Crippen LogP contribution in [0.25, 0.3) is 0 Å². The van der Waals surface area contributed by atoms with Gasteiger partial charge in [0, 0.05) is 0 Å². The monoisotopic (exact) mass is 259 g/mol. The van der Waals surface area contributed by atoms with Crippen molar-refractivity contribution in [2.45, 2.75) is 27.7 Å². The molecule has 95 valence electrons. The number of benzene rings is 2. The molecule has 0 saturated carbocycles. The highest BCUT2D eigenvalue weighted by molar-refractivity contribution is 7.55. The van der Waals surface area contributed by atoms with Gasteiger partial charge >= 0.3 is 0 Å². The summed E-state index contributed by atoms with van der Waals surface area (Å²) in [6.45, 7) is 8.64. The molecule has 0 atom stereocenters. The second kappa shape index (κ2) is 6.13. The first kappa shape index (κ1) is 14.9. The Balaban J connectivity index is 0.00000162. The molecule has 0 heterocycles. The minimum Gasteiger partial charge on any atom is -0.412 e. The van der Waals surface area contributed by atoms with E-state index in [1.807, 2.05) is 0 Å². The second-order valence-electron chi connectivity index (χ2n) is 4.80. The van der Waals surface area contributed by atoms with Crippen LogP contribution in [0.4, 0.5) is 0 Å². The Morgan fingerprint density at radius 2 is 0.833 bits per heavy atom. The van der Waals surface area contributed by atoms with E-state index in [0.29, 0.717) is 0 Å². The summed E-state index contributed by atoms with van der Waals surface area (Å²) in [7, 11) is 1.30. The van der Waals surface area contributed by atoms with Gasteiger partial charge in [-0.3, -0.25) is 0 Å². The minimum atomic E-state index is 0. The van der Waals surface area contributed by atoms with Crippen LogP contribution in [-0.4, -0.2) is 5.48 Å². The third-order valence-corrected chi connectivity index (χ3v) is 3.70. The molecule has 0 aliphatic heterocycles. The van der Waals surface area contributed by atoms with Crippen molar-refractivity contribution < 1.29 is 5.48 Å². The van der Waals surface area contributed by atoms with E-state index in [2.05, 4.69) is 64.1 Å². The molecule has 0 aromatic heterocycles. The molecule has 0 aliphatic carbocycles. The van der Waals surface area contributed by atoms with Crippen molar-refractivity contribution in [1.82, 2.24) is 0 Å². The van der Waals surface area contributed by atoms with Gasteiger partial charge in [0.2, 0.25) is 0 Å². The zero-order chi connectivity index (χ0) is 12.4. The fraction of sp³-hybridized carbons (Fsp3) is 0.250. The average molecular weight is 259 g/mol. The van der Waals surface area contributed by atoms with Crippen molar-refractivity contribution in [3.05, 3.63) is 58.7 Å². The first-order valence-corrected chi connectivity index (χ1v) is 6.81. The van der Waals surface area contributed by atoms with Crippen LogP contribution in [0.5, 0.6) is 0 Å². The van der Waals surface area contributed by atoms with Crippen molar-refractivity contribution >= 4 is 19.2 Å². The van der Waals surface area contributed by atoms with Gasteiger partial charge in [0.15, 0.2) is 0 Å². The largest absolute Gasteiger partial charge is 0.412 e. The Morgan fingerprint density at radius 1 is 0.556 bits per heavy atom. The van der Waals surface area contributed by atoms with Crippen LogP contribution in [0.3, 0.4) is 0 Å². The van der Waals surface area contributed by atoms with Crippen LogP contribution < -0.4 is 10.6 Å². The molecule has 18 heavy (non-hydrogen) atoms. The lowest BCUT2D eigenvalue weighted by Gasteiger charge is -2.06. The van der Waals surface area contributed by atoms with Gasteiger partial charge in [-0.25, -0.2) is 0 Å². The third-order valence-electron chi connectivity index (χ3n) is 2.67. The predicted octanol–water partition coefficient (Wildman–Crippen LogP) is 2.99. The summed E-state index contributed by atoms with van der Waals surface area (Å²) in [4.78, 5) is 0. The molecular weight excluding hydrogens is 239 g/mol. The molecule has 2 aromatic rings. The van der Waals surface area contributed by atoms with Gasteiger partial charge in [-0.15, -0.1) is 0 Å². The van der Waals surface area contributed by atoms with Gasteiger partial charge in [0.1, 0.15) is 0 Å². The molecule has 0 amide bonds. The SMILES string of the molecule is Cc1cc(C)cc([P]c2cc(C)cc(C)c2)c1.O. The van der Waals surface area contributed by atoms with E-state index in [1.54, 1.807) is 0 Å². The molecule has 2 heteroatoms. The minimum absolute atomic E-state index is 0. The molecule has 2 aromatic carbocycles. The summed E-state index contributed by atoms with van der Waals surface area (Å²) in [6, 6.07) is 13.5. The van der Waals surface area contributed by atoms with E-state index < -0.39 is 0 Å². The van der Waals surface area contributed by atoms with Crippen molar-refractivity contribution in [1.29, 1.82) is 0 Å². The van der Waals surface area contributed by atoms with E-state index in [1.165, 1.54) is 41.4 Å². The fourth-order valence-corrected chi connectivity index (χ4v) is 3.55. The molecule has 0 spiro atoms. The number of rotatable bonds is 2. The standard InChI is InChI=1S/C16H18P.H2O/c1-11-5-12(2)8-15(7-11)17-16-9-13(3)6-14(4)10-16;/h5-10H,1-4H3;1H2. The first-order valence-electron chi connectivity index (χ1n) is 5.91. The average Bonchev–Trinajstić information content (AvgIpc) is 2.13. The summed E-state index contributed by atoms with van der Waals surface area (Å²) in [5.41, 5.74) is 5.38. The highest BCUT2D eigenvalue weighted by Crippen LogP contribution is 2.15. The van der Waals surface area contributed by atoms with Gasteiger partial charge in [-0.05, 0) is 46.9 Å². The van der Waals surface area contributed by atoms with Crippen molar-refractivity contribution in [3.63, 3.8) is 0 Å². The van der Waals surface area contributed by atoms with Crippen LogP contribution in [0.2, 0.25) is 0 Å². The van der Waals surface area contributed by atoms with Gasteiger partial charge in [-0.2, -0.15) is 0 Å². The Labute approximate surface area is 111 Å². The molecule has 2 rings (SSSR count). The summed E-state index contributed by atoms with van der Waals surface area (Å²) in [5.74, 6) is 0. The van der Waals surface area contributed by atoms with Gasteiger partial charge < -0.3 is 5.48 Å². The van der Waals surface area contributed by atoms with Crippen molar-refractivity contribution in [2.24, 2.45) is 0 Å².